The molecule has 3 N–H and O–H groups in total. The number of rotatable bonds is 6. The summed E-state index contributed by atoms with van der Waals surface area (Å²) in [7, 11) is -0.786. The topological polar surface area (TPSA) is 96.5 Å². The molecule has 1 aromatic heterocycles. The fraction of sp³-hybridized carbons (Fsp3) is 0.250. The zero-order chi connectivity index (χ0) is 20.2. The van der Waals surface area contributed by atoms with E-state index in [2.05, 4.69) is 15.4 Å². The molecule has 0 bridgehead atoms. The van der Waals surface area contributed by atoms with Gasteiger partial charge in [0.05, 0.1) is 18.7 Å². The number of ether oxygens (including phenoxy) is 1. The van der Waals surface area contributed by atoms with E-state index in [0.717, 1.165) is 11.3 Å². The molecule has 27 heavy (non-hydrogen) atoms. The number of halogens is 1. The molecule has 1 amide bonds. The first-order valence-corrected chi connectivity index (χ1v) is 10.7. The third kappa shape index (κ3) is 5.32. The predicted octanol–water partition coefficient (Wildman–Crippen LogP) is 2.68. The van der Waals surface area contributed by atoms with Gasteiger partial charge in [0.1, 0.15) is 9.96 Å². The van der Waals surface area contributed by atoms with Gasteiger partial charge in [0.25, 0.3) is 15.9 Å². The highest BCUT2D eigenvalue weighted by Gasteiger charge is 2.21. The monoisotopic (exact) mass is 447 g/mol. The van der Waals surface area contributed by atoms with Crippen LogP contribution in [-0.2, 0) is 10.0 Å². The van der Waals surface area contributed by atoms with Crippen molar-refractivity contribution in [3.63, 3.8) is 0 Å². The molecule has 0 saturated carbocycles. The van der Waals surface area contributed by atoms with Gasteiger partial charge in [-0.2, -0.15) is 0 Å². The van der Waals surface area contributed by atoms with Crippen LogP contribution in [0.25, 0.3) is 0 Å². The second-order valence-corrected chi connectivity index (χ2v) is 9.25. The molecule has 0 fully saturated rings. The first kappa shape index (κ1) is 21.4. The first-order valence-electron chi connectivity index (χ1n) is 7.66. The Hall–Kier alpha value is -1.88. The number of carbonyl (C=O) groups is 1. The number of nitrogens with one attached hydrogen (secondary N) is 3. The average Bonchev–Trinajstić information content (AvgIpc) is 3.12. The van der Waals surface area contributed by atoms with Gasteiger partial charge in [-0.25, -0.2) is 8.42 Å². The number of benzene rings is 1. The summed E-state index contributed by atoms with van der Waals surface area (Å²) >= 11 is 11.8. The fourth-order valence-corrected chi connectivity index (χ4v) is 4.93. The molecular formula is C16H18ClN3O4S3. The molecule has 2 aromatic rings. The summed E-state index contributed by atoms with van der Waals surface area (Å²) < 4.78 is 32.0. The standard InChI is InChI=1S/C16H18ClN3O4S3/c1-9(19-15(21)11-8-10(17)4-5-12(11)24-3)13-6-7-14(26-13)27(22,23)20-16(25)18-2/h4-9H,1-3H3,(H,19,21)(H2,18,20,25). The zero-order valence-electron chi connectivity index (χ0n) is 14.7. The van der Waals surface area contributed by atoms with E-state index in [4.69, 9.17) is 28.6 Å². The van der Waals surface area contributed by atoms with Crippen molar-refractivity contribution in [1.82, 2.24) is 15.4 Å². The quantitative estimate of drug-likeness (QED) is 0.589. The number of thiophene rings is 1. The molecule has 0 radical (unpaired) electrons. The van der Waals surface area contributed by atoms with Crippen molar-refractivity contribution in [3.8, 4) is 5.75 Å². The van der Waals surface area contributed by atoms with Crippen molar-refractivity contribution < 1.29 is 17.9 Å². The molecule has 0 aliphatic heterocycles. The highest BCUT2D eigenvalue weighted by Crippen LogP contribution is 2.28. The van der Waals surface area contributed by atoms with Gasteiger partial charge in [-0.15, -0.1) is 11.3 Å². The van der Waals surface area contributed by atoms with Crippen LogP contribution in [0.1, 0.15) is 28.2 Å². The maximum atomic E-state index is 12.5. The molecule has 1 atom stereocenters. The normalized spacial score (nSPS) is 12.1. The Bertz CT molecular complexity index is 960. The molecule has 11 heteroatoms. The second kappa shape index (κ2) is 8.87. The largest absolute Gasteiger partial charge is 0.496 e. The molecule has 146 valence electrons. The zero-order valence-corrected chi connectivity index (χ0v) is 17.9. The van der Waals surface area contributed by atoms with Crippen LogP contribution in [0, 0.1) is 0 Å². The Labute approximate surface area is 172 Å². The molecule has 7 nitrogen and oxygen atoms in total. The maximum absolute atomic E-state index is 12.5. The van der Waals surface area contributed by atoms with Gasteiger partial charge < -0.3 is 15.4 Å². The van der Waals surface area contributed by atoms with Crippen LogP contribution >= 0.6 is 35.2 Å². The van der Waals surface area contributed by atoms with Gasteiger partial charge >= 0.3 is 0 Å². The van der Waals surface area contributed by atoms with Gasteiger partial charge in [0.15, 0.2) is 5.11 Å². The number of methoxy groups -OCH3 is 1. The summed E-state index contributed by atoms with van der Waals surface area (Å²) in [6, 6.07) is 7.42. The summed E-state index contributed by atoms with van der Waals surface area (Å²) in [6.07, 6.45) is 0. The summed E-state index contributed by atoms with van der Waals surface area (Å²) in [5, 5.41) is 5.76. The Morgan fingerprint density at radius 2 is 2.00 bits per heavy atom. The summed E-state index contributed by atoms with van der Waals surface area (Å²) in [6.45, 7) is 1.75. The van der Waals surface area contributed by atoms with E-state index in [0.29, 0.717) is 21.2 Å². The Morgan fingerprint density at radius 1 is 1.30 bits per heavy atom. The molecular weight excluding hydrogens is 430 g/mol. The lowest BCUT2D eigenvalue weighted by atomic mass is 10.1. The maximum Gasteiger partial charge on any atom is 0.273 e. The number of hydrogen-bond donors (Lipinski definition) is 3. The number of thiocarbonyl (C=S) groups is 1. The van der Waals surface area contributed by atoms with Crippen LogP contribution < -0.4 is 20.1 Å². The van der Waals surface area contributed by atoms with E-state index in [1.54, 1.807) is 25.1 Å². The first-order chi connectivity index (χ1) is 12.7. The van der Waals surface area contributed by atoms with E-state index >= 15 is 0 Å². The van der Waals surface area contributed by atoms with Crippen LogP contribution in [0.4, 0.5) is 0 Å². The minimum atomic E-state index is -3.77. The van der Waals surface area contributed by atoms with Crippen LogP contribution in [0.15, 0.2) is 34.5 Å². The van der Waals surface area contributed by atoms with Gasteiger partial charge in [0, 0.05) is 16.9 Å². The summed E-state index contributed by atoms with van der Waals surface area (Å²) in [5.74, 6) is 0.0115. The van der Waals surface area contributed by atoms with Gasteiger partial charge in [-0.1, -0.05) is 11.6 Å². The number of sulfonamides is 1. The summed E-state index contributed by atoms with van der Waals surface area (Å²) in [5.41, 5.74) is 0.294. The fourth-order valence-electron chi connectivity index (χ4n) is 2.14. The lowest BCUT2D eigenvalue weighted by Gasteiger charge is -2.14. The van der Waals surface area contributed by atoms with E-state index in [1.165, 1.54) is 26.3 Å². The second-order valence-electron chi connectivity index (χ2n) is 5.38. The van der Waals surface area contributed by atoms with Crippen LogP contribution in [0.2, 0.25) is 5.02 Å². The number of carbonyl (C=O) groups excluding carboxylic acids is 1. The van der Waals surface area contributed by atoms with Crippen molar-refractivity contribution in [1.29, 1.82) is 0 Å². The van der Waals surface area contributed by atoms with Crippen LogP contribution in [-0.4, -0.2) is 33.6 Å². The van der Waals surface area contributed by atoms with Gasteiger partial charge in [0.2, 0.25) is 0 Å². The SMILES string of the molecule is CNC(=S)NS(=O)(=O)c1ccc(C(C)NC(=O)c2cc(Cl)ccc2OC)s1. The minimum absolute atomic E-state index is 0.000599. The van der Waals surface area contributed by atoms with Gasteiger partial charge in [-0.05, 0) is 49.5 Å². The number of amides is 1. The van der Waals surface area contributed by atoms with Crippen molar-refractivity contribution in [2.75, 3.05) is 14.2 Å². The van der Waals surface area contributed by atoms with Crippen LogP contribution in [0.5, 0.6) is 5.75 Å². The molecule has 1 heterocycles. The van der Waals surface area contributed by atoms with Crippen molar-refractivity contribution >= 4 is 56.2 Å². The molecule has 0 aliphatic carbocycles. The van der Waals surface area contributed by atoms with Crippen molar-refractivity contribution in [2.24, 2.45) is 0 Å². The lowest BCUT2D eigenvalue weighted by Crippen LogP contribution is -2.36. The minimum Gasteiger partial charge on any atom is -0.496 e. The smallest absolute Gasteiger partial charge is 0.273 e. The Balaban J connectivity index is 2.17. The Morgan fingerprint density at radius 3 is 2.63 bits per heavy atom. The summed E-state index contributed by atoms with van der Waals surface area (Å²) in [4.78, 5) is 13.2. The average molecular weight is 448 g/mol. The molecule has 0 spiro atoms. The molecule has 1 aromatic carbocycles. The highest BCUT2D eigenvalue weighted by molar-refractivity contribution is 7.93. The third-order valence-corrected chi connectivity index (χ3v) is 7.28. The molecule has 0 saturated heterocycles. The third-order valence-electron chi connectivity index (χ3n) is 3.50. The van der Waals surface area contributed by atoms with Crippen molar-refractivity contribution in [2.45, 2.75) is 17.2 Å². The van der Waals surface area contributed by atoms with E-state index in [1.807, 2.05) is 0 Å². The van der Waals surface area contributed by atoms with Crippen LogP contribution in [0.3, 0.4) is 0 Å². The molecule has 1 unspecified atom stereocenters. The number of hydrogen-bond acceptors (Lipinski definition) is 6. The van der Waals surface area contributed by atoms with Crippen molar-refractivity contribution in [3.05, 3.63) is 45.8 Å². The molecule has 2 rings (SSSR count). The lowest BCUT2D eigenvalue weighted by molar-refractivity contribution is 0.0937. The van der Waals surface area contributed by atoms with E-state index in [-0.39, 0.29) is 15.2 Å². The van der Waals surface area contributed by atoms with Gasteiger partial charge in [-0.3, -0.25) is 9.52 Å². The highest BCUT2D eigenvalue weighted by atomic mass is 35.5. The van der Waals surface area contributed by atoms with E-state index in [9.17, 15) is 13.2 Å². The Kier molecular flexibility index (Phi) is 7.04. The molecule has 0 aliphatic rings. The van der Waals surface area contributed by atoms with E-state index < -0.39 is 16.1 Å². The predicted molar refractivity (Wildman–Crippen MR) is 110 cm³/mol.